The van der Waals surface area contributed by atoms with E-state index >= 15 is 0 Å². The first-order valence-electron chi connectivity index (χ1n) is 9.00. The molecule has 1 N–H and O–H groups in total. The van der Waals surface area contributed by atoms with Gasteiger partial charge in [0.25, 0.3) is 5.91 Å². The zero-order valence-electron chi connectivity index (χ0n) is 15.0. The van der Waals surface area contributed by atoms with Gasteiger partial charge in [-0.1, -0.05) is 36.4 Å². The minimum atomic E-state index is -0.574. The number of hydrogen-bond acceptors (Lipinski definition) is 4. The lowest BCUT2D eigenvalue weighted by Gasteiger charge is -2.22. The van der Waals surface area contributed by atoms with Crippen molar-refractivity contribution in [3.8, 4) is 0 Å². The van der Waals surface area contributed by atoms with Crippen LogP contribution in [0.15, 0.2) is 48.5 Å². The summed E-state index contributed by atoms with van der Waals surface area (Å²) in [5.74, 6) is -1.60. The average molecular weight is 364 g/mol. The highest BCUT2D eigenvalue weighted by molar-refractivity contribution is 6.04. The number of rotatable bonds is 4. The Labute approximate surface area is 157 Å². The van der Waals surface area contributed by atoms with Gasteiger partial charge in [-0.3, -0.25) is 14.4 Å². The van der Waals surface area contributed by atoms with Crippen LogP contribution in [0.2, 0.25) is 0 Å². The Morgan fingerprint density at radius 2 is 1.89 bits per heavy atom. The molecular weight excluding hydrogens is 344 g/mol. The molecule has 138 valence electrons. The van der Waals surface area contributed by atoms with Crippen LogP contribution in [0.1, 0.15) is 30.4 Å². The topological polar surface area (TPSA) is 75.7 Å². The molecule has 0 aliphatic carbocycles. The molecule has 2 aliphatic rings. The highest BCUT2D eigenvalue weighted by Crippen LogP contribution is 2.35. The average Bonchev–Trinajstić information content (AvgIpc) is 3.16. The van der Waals surface area contributed by atoms with E-state index in [1.165, 1.54) is 0 Å². The van der Waals surface area contributed by atoms with Gasteiger partial charge in [0.1, 0.15) is 0 Å². The van der Waals surface area contributed by atoms with Crippen LogP contribution in [0.25, 0.3) is 0 Å². The van der Waals surface area contributed by atoms with E-state index in [2.05, 4.69) is 5.32 Å². The maximum atomic E-state index is 12.6. The van der Waals surface area contributed by atoms with Gasteiger partial charge in [0, 0.05) is 17.4 Å². The van der Waals surface area contributed by atoms with Crippen molar-refractivity contribution in [1.29, 1.82) is 0 Å². The van der Waals surface area contributed by atoms with Gasteiger partial charge < -0.3 is 15.0 Å². The van der Waals surface area contributed by atoms with Crippen LogP contribution in [0.5, 0.6) is 0 Å². The van der Waals surface area contributed by atoms with Crippen molar-refractivity contribution in [2.75, 3.05) is 16.8 Å². The van der Waals surface area contributed by atoms with Crippen molar-refractivity contribution < 1.29 is 19.1 Å². The number of carbonyl (C=O) groups is 3. The molecule has 2 heterocycles. The Kier molecular flexibility index (Phi) is 4.39. The van der Waals surface area contributed by atoms with Gasteiger partial charge >= 0.3 is 5.97 Å². The predicted molar refractivity (Wildman–Crippen MR) is 100 cm³/mol. The maximum absolute atomic E-state index is 12.6. The van der Waals surface area contributed by atoms with Crippen molar-refractivity contribution in [3.63, 3.8) is 0 Å². The number of hydrogen-bond donors (Lipinski definition) is 1. The molecule has 27 heavy (non-hydrogen) atoms. The summed E-state index contributed by atoms with van der Waals surface area (Å²) in [7, 11) is 0. The first-order valence-corrected chi connectivity index (χ1v) is 9.00. The molecule has 0 bridgehead atoms. The number of para-hydroxylation sites is 2. The summed E-state index contributed by atoms with van der Waals surface area (Å²) in [6.45, 7) is 1.65. The minimum Gasteiger partial charge on any atom is -0.456 e. The molecule has 0 unspecified atom stereocenters. The highest BCUT2D eigenvalue weighted by Gasteiger charge is 2.34. The van der Waals surface area contributed by atoms with E-state index in [1.807, 2.05) is 49.4 Å². The second-order valence-corrected chi connectivity index (χ2v) is 6.94. The minimum absolute atomic E-state index is 0.0288. The molecule has 6 nitrogen and oxygen atoms in total. The molecule has 0 saturated carbocycles. The Hall–Kier alpha value is -3.15. The van der Waals surface area contributed by atoms with E-state index in [4.69, 9.17) is 4.74 Å². The monoisotopic (exact) mass is 364 g/mol. The Bertz CT molecular complexity index is 924. The third-order valence-corrected chi connectivity index (χ3v) is 5.11. The van der Waals surface area contributed by atoms with Crippen LogP contribution < -0.4 is 10.2 Å². The van der Waals surface area contributed by atoms with E-state index in [0.29, 0.717) is 0 Å². The Morgan fingerprint density at radius 3 is 2.74 bits per heavy atom. The molecule has 0 radical (unpaired) electrons. The Morgan fingerprint density at radius 1 is 1.15 bits per heavy atom. The molecule has 0 fully saturated rings. The molecule has 0 aromatic heterocycles. The van der Waals surface area contributed by atoms with Crippen molar-refractivity contribution in [2.24, 2.45) is 0 Å². The second-order valence-electron chi connectivity index (χ2n) is 6.94. The third kappa shape index (κ3) is 3.18. The molecule has 2 aromatic rings. The fraction of sp³-hybridized carbons (Fsp3) is 0.286. The molecular formula is C21H20N2O4. The van der Waals surface area contributed by atoms with Crippen molar-refractivity contribution in [3.05, 3.63) is 59.7 Å². The van der Waals surface area contributed by atoms with Crippen molar-refractivity contribution in [1.82, 2.24) is 0 Å². The summed E-state index contributed by atoms with van der Waals surface area (Å²) in [6.07, 6.45) is 0.706. The summed E-state index contributed by atoms with van der Waals surface area (Å²) in [5, 5.41) is 2.76. The van der Waals surface area contributed by atoms with Crippen molar-refractivity contribution >= 4 is 29.2 Å². The molecule has 2 atom stereocenters. The van der Waals surface area contributed by atoms with E-state index in [1.54, 1.807) is 11.0 Å². The van der Waals surface area contributed by atoms with Gasteiger partial charge in [0.15, 0.2) is 6.61 Å². The van der Waals surface area contributed by atoms with Gasteiger partial charge in [-0.05, 0) is 36.6 Å². The SMILES string of the molecule is C[C@H]1Cc2ccccc2N1C(=O)COC(=O)C[C@@H]1C(=O)Nc2ccccc21. The normalized spacial score (nSPS) is 20.0. The molecule has 6 heteroatoms. The first kappa shape index (κ1) is 17.3. The van der Waals surface area contributed by atoms with Crippen LogP contribution in [0.3, 0.4) is 0 Å². The maximum Gasteiger partial charge on any atom is 0.307 e. The third-order valence-electron chi connectivity index (χ3n) is 5.11. The molecule has 0 saturated heterocycles. The largest absolute Gasteiger partial charge is 0.456 e. The van der Waals surface area contributed by atoms with E-state index in [-0.39, 0.29) is 30.9 Å². The summed E-state index contributed by atoms with van der Waals surface area (Å²) >= 11 is 0. The van der Waals surface area contributed by atoms with Gasteiger partial charge in [-0.2, -0.15) is 0 Å². The van der Waals surface area contributed by atoms with E-state index in [0.717, 1.165) is 28.9 Å². The number of fused-ring (bicyclic) bond motifs is 2. The quantitative estimate of drug-likeness (QED) is 0.847. The number of benzene rings is 2. The summed E-state index contributed by atoms with van der Waals surface area (Å²) < 4.78 is 5.19. The summed E-state index contributed by atoms with van der Waals surface area (Å²) in [5.41, 5.74) is 3.49. The first-order chi connectivity index (χ1) is 13.0. The second kappa shape index (κ2) is 6.87. The zero-order chi connectivity index (χ0) is 19.0. The van der Waals surface area contributed by atoms with Gasteiger partial charge in [0.2, 0.25) is 5.91 Å². The van der Waals surface area contributed by atoms with Crippen LogP contribution in [-0.2, 0) is 25.5 Å². The number of nitrogens with zero attached hydrogens (tertiary/aromatic N) is 1. The number of carbonyl (C=O) groups excluding carboxylic acids is 3. The number of ether oxygens (including phenoxy) is 1. The molecule has 2 aliphatic heterocycles. The molecule has 0 spiro atoms. The van der Waals surface area contributed by atoms with E-state index in [9.17, 15) is 14.4 Å². The fourth-order valence-electron chi connectivity index (χ4n) is 3.86. The molecule has 2 amide bonds. The molecule has 2 aromatic carbocycles. The van der Waals surface area contributed by atoms with Gasteiger partial charge in [-0.15, -0.1) is 0 Å². The number of anilines is 2. The predicted octanol–water partition coefficient (Wildman–Crippen LogP) is 2.63. The van der Waals surface area contributed by atoms with Crippen LogP contribution in [0.4, 0.5) is 11.4 Å². The zero-order valence-corrected chi connectivity index (χ0v) is 15.0. The van der Waals surface area contributed by atoms with Crippen molar-refractivity contribution in [2.45, 2.75) is 31.7 Å². The lowest BCUT2D eigenvalue weighted by molar-refractivity contribution is -0.148. The highest BCUT2D eigenvalue weighted by atomic mass is 16.5. The fourth-order valence-corrected chi connectivity index (χ4v) is 3.86. The Balaban J connectivity index is 1.37. The standard InChI is InChI=1S/C21H20N2O4/c1-13-10-14-6-2-5-9-18(14)23(13)19(24)12-27-20(25)11-16-15-7-3-4-8-17(15)22-21(16)26/h2-9,13,16H,10-12H2,1H3,(H,22,26)/t13-,16-/m0/s1. The van der Waals surface area contributed by atoms with E-state index < -0.39 is 11.9 Å². The summed E-state index contributed by atoms with van der Waals surface area (Å²) in [4.78, 5) is 38.6. The van der Waals surface area contributed by atoms with Crippen LogP contribution in [0, 0.1) is 0 Å². The smallest absolute Gasteiger partial charge is 0.307 e. The number of esters is 1. The number of nitrogens with one attached hydrogen (secondary N) is 1. The summed E-state index contributed by atoms with van der Waals surface area (Å²) in [6, 6.07) is 15.0. The lowest BCUT2D eigenvalue weighted by atomic mass is 9.97. The van der Waals surface area contributed by atoms with Crippen LogP contribution >= 0.6 is 0 Å². The lowest BCUT2D eigenvalue weighted by Crippen LogP contribution is -2.38. The van der Waals surface area contributed by atoms with Crippen LogP contribution in [-0.4, -0.2) is 30.4 Å². The molecule has 4 rings (SSSR count). The number of amides is 2. The van der Waals surface area contributed by atoms with Gasteiger partial charge in [-0.25, -0.2) is 0 Å². The van der Waals surface area contributed by atoms with Gasteiger partial charge in [0.05, 0.1) is 12.3 Å².